The molecule has 0 bridgehead atoms. The van der Waals surface area contributed by atoms with E-state index >= 15 is 0 Å². The lowest BCUT2D eigenvalue weighted by Gasteiger charge is -2.09. The maximum absolute atomic E-state index is 12.2. The minimum Gasteiger partial charge on any atom is -0.497 e. The summed E-state index contributed by atoms with van der Waals surface area (Å²) in [5, 5.41) is 8.01. The summed E-state index contributed by atoms with van der Waals surface area (Å²) in [5.41, 5.74) is 3.91. The van der Waals surface area contributed by atoms with Gasteiger partial charge in [-0.25, -0.2) is 9.47 Å². The molecular weight excluding hydrogens is 312 g/mol. The van der Waals surface area contributed by atoms with E-state index in [0.29, 0.717) is 16.9 Å². The van der Waals surface area contributed by atoms with Crippen molar-refractivity contribution < 1.29 is 13.9 Å². The minimum atomic E-state index is -0.439. The molecule has 0 radical (unpaired) electrons. The van der Waals surface area contributed by atoms with Crippen LogP contribution in [0.15, 0.2) is 40.1 Å². The first-order valence-electron chi connectivity index (χ1n) is 7.33. The lowest BCUT2D eigenvalue weighted by Crippen LogP contribution is -2.23. The highest BCUT2D eigenvalue weighted by atomic mass is 16.5. The molecule has 0 saturated heterocycles. The number of aryl methyl sites for hydroxylation is 1. The van der Waals surface area contributed by atoms with Crippen LogP contribution in [0.25, 0.3) is 11.0 Å². The first kappa shape index (κ1) is 15.7. The molecule has 8 nitrogen and oxygen atoms in total. The van der Waals surface area contributed by atoms with Crippen LogP contribution in [0.5, 0.6) is 5.75 Å². The highest BCUT2D eigenvalue weighted by molar-refractivity contribution is 5.85. The van der Waals surface area contributed by atoms with Crippen LogP contribution in [0.3, 0.4) is 0 Å². The van der Waals surface area contributed by atoms with Crippen LogP contribution < -0.4 is 15.8 Å². The molecule has 0 aliphatic heterocycles. The van der Waals surface area contributed by atoms with Gasteiger partial charge in [0.25, 0.3) is 0 Å². The quantitative estimate of drug-likeness (QED) is 0.711. The molecule has 2 aromatic heterocycles. The standard InChI is InChI=1S/C16H16N4O4/c1-10-12-4-3-11(23-2)7-14(12)24-16(22)13(10)5-6-15(21)19-20-8-17-18-9-20/h3-4,7-9H,5-6H2,1-2H3,(H,19,21). The summed E-state index contributed by atoms with van der Waals surface area (Å²) in [6.45, 7) is 1.85. The molecule has 0 unspecified atom stereocenters. The predicted molar refractivity (Wildman–Crippen MR) is 86.5 cm³/mol. The van der Waals surface area contributed by atoms with E-state index in [1.807, 2.05) is 13.0 Å². The number of fused-ring (bicyclic) bond motifs is 1. The number of aromatic nitrogens is 3. The van der Waals surface area contributed by atoms with Crippen molar-refractivity contribution in [3.05, 3.63) is 52.4 Å². The van der Waals surface area contributed by atoms with Gasteiger partial charge in [0, 0.05) is 23.4 Å². The largest absolute Gasteiger partial charge is 0.497 e. The second-order valence-electron chi connectivity index (χ2n) is 5.26. The van der Waals surface area contributed by atoms with Gasteiger partial charge in [0.05, 0.1) is 7.11 Å². The average Bonchev–Trinajstić information content (AvgIpc) is 3.06. The highest BCUT2D eigenvalue weighted by Gasteiger charge is 2.13. The lowest BCUT2D eigenvalue weighted by molar-refractivity contribution is -0.117. The van der Waals surface area contributed by atoms with Gasteiger partial charge in [-0.1, -0.05) is 0 Å². The molecule has 0 aliphatic carbocycles. The molecule has 124 valence electrons. The number of amides is 1. The van der Waals surface area contributed by atoms with Crippen molar-refractivity contribution in [2.24, 2.45) is 0 Å². The second-order valence-corrected chi connectivity index (χ2v) is 5.26. The van der Waals surface area contributed by atoms with Crippen LogP contribution in [-0.4, -0.2) is 27.9 Å². The Bertz CT molecular complexity index is 931. The smallest absolute Gasteiger partial charge is 0.339 e. The average molecular weight is 328 g/mol. The van der Waals surface area contributed by atoms with Crippen LogP contribution in [-0.2, 0) is 11.2 Å². The van der Waals surface area contributed by atoms with Gasteiger partial charge in [-0.3, -0.25) is 10.2 Å². The molecule has 0 saturated carbocycles. The third kappa shape index (κ3) is 3.12. The Hall–Kier alpha value is -3.16. The number of hydrogen-bond donors (Lipinski definition) is 1. The van der Waals surface area contributed by atoms with Crippen molar-refractivity contribution in [1.82, 2.24) is 14.9 Å². The maximum Gasteiger partial charge on any atom is 0.339 e. The Balaban J connectivity index is 1.81. The number of benzene rings is 1. The Morgan fingerprint density at radius 2 is 2.08 bits per heavy atom. The highest BCUT2D eigenvalue weighted by Crippen LogP contribution is 2.24. The van der Waals surface area contributed by atoms with Gasteiger partial charge in [0.1, 0.15) is 24.0 Å². The van der Waals surface area contributed by atoms with E-state index in [1.54, 1.807) is 19.2 Å². The van der Waals surface area contributed by atoms with E-state index in [9.17, 15) is 9.59 Å². The van der Waals surface area contributed by atoms with Crippen molar-refractivity contribution >= 4 is 16.9 Å². The zero-order valence-corrected chi connectivity index (χ0v) is 13.3. The SMILES string of the molecule is COc1ccc2c(C)c(CCC(=O)Nn3cnnc3)c(=O)oc2c1. The first-order chi connectivity index (χ1) is 11.6. The number of methoxy groups -OCH3 is 1. The summed E-state index contributed by atoms with van der Waals surface area (Å²) in [5.74, 6) is 0.370. The molecule has 0 aliphatic rings. The summed E-state index contributed by atoms with van der Waals surface area (Å²) in [6.07, 6.45) is 3.18. The molecule has 1 N–H and O–H groups in total. The van der Waals surface area contributed by atoms with Crippen LogP contribution in [0.4, 0.5) is 0 Å². The summed E-state index contributed by atoms with van der Waals surface area (Å²) in [7, 11) is 1.55. The maximum atomic E-state index is 12.2. The van der Waals surface area contributed by atoms with E-state index in [4.69, 9.17) is 9.15 Å². The third-order valence-electron chi connectivity index (χ3n) is 3.77. The van der Waals surface area contributed by atoms with Gasteiger partial charge in [0.2, 0.25) is 5.91 Å². The lowest BCUT2D eigenvalue weighted by atomic mass is 10.0. The number of carbonyl (C=O) groups excluding carboxylic acids is 1. The molecule has 3 rings (SSSR count). The second kappa shape index (κ2) is 6.53. The van der Waals surface area contributed by atoms with E-state index in [1.165, 1.54) is 17.3 Å². The van der Waals surface area contributed by atoms with E-state index in [-0.39, 0.29) is 18.7 Å². The number of nitrogens with zero attached hydrogens (tertiary/aromatic N) is 3. The summed E-state index contributed by atoms with van der Waals surface area (Å²) >= 11 is 0. The van der Waals surface area contributed by atoms with Crippen LogP contribution in [0, 0.1) is 6.92 Å². The van der Waals surface area contributed by atoms with Gasteiger partial charge in [-0.15, -0.1) is 10.2 Å². The van der Waals surface area contributed by atoms with Crippen LogP contribution in [0.2, 0.25) is 0 Å². The molecule has 0 atom stereocenters. The fourth-order valence-electron chi connectivity index (χ4n) is 2.49. The molecule has 1 aromatic carbocycles. The zero-order chi connectivity index (χ0) is 17.1. The van der Waals surface area contributed by atoms with Crippen molar-refractivity contribution in [2.75, 3.05) is 12.5 Å². The van der Waals surface area contributed by atoms with E-state index in [0.717, 1.165) is 10.9 Å². The van der Waals surface area contributed by atoms with Crippen molar-refractivity contribution in [1.29, 1.82) is 0 Å². The van der Waals surface area contributed by atoms with Gasteiger partial charge >= 0.3 is 5.63 Å². The van der Waals surface area contributed by atoms with Gasteiger partial charge in [-0.2, -0.15) is 0 Å². The molecule has 0 fully saturated rings. The summed E-state index contributed by atoms with van der Waals surface area (Å²) in [4.78, 5) is 24.1. The summed E-state index contributed by atoms with van der Waals surface area (Å²) < 4.78 is 11.8. The zero-order valence-electron chi connectivity index (χ0n) is 13.3. The normalized spacial score (nSPS) is 10.8. The number of ether oxygens (including phenoxy) is 1. The number of nitrogens with one attached hydrogen (secondary N) is 1. The molecule has 0 spiro atoms. The summed E-state index contributed by atoms with van der Waals surface area (Å²) in [6, 6.07) is 5.32. The van der Waals surface area contributed by atoms with E-state index < -0.39 is 5.63 Å². The molecular formula is C16H16N4O4. The molecule has 24 heavy (non-hydrogen) atoms. The van der Waals surface area contributed by atoms with Crippen molar-refractivity contribution in [3.63, 3.8) is 0 Å². The number of rotatable bonds is 5. The Labute approximate surface area is 137 Å². The Morgan fingerprint density at radius 3 is 2.79 bits per heavy atom. The monoisotopic (exact) mass is 328 g/mol. The Kier molecular flexibility index (Phi) is 4.28. The van der Waals surface area contributed by atoms with Crippen LogP contribution in [0.1, 0.15) is 17.5 Å². The van der Waals surface area contributed by atoms with Crippen molar-refractivity contribution in [2.45, 2.75) is 19.8 Å². The number of carbonyl (C=O) groups is 1. The van der Waals surface area contributed by atoms with Crippen LogP contribution >= 0.6 is 0 Å². The van der Waals surface area contributed by atoms with Crippen molar-refractivity contribution in [3.8, 4) is 5.75 Å². The van der Waals surface area contributed by atoms with Gasteiger partial charge < -0.3 is 9.15 Å². The Morgan fingerprint density at radius 1 is 1.33 bits per heavy atom. The molecule has 2 heterocycles. The molecule has 3 aromatic rings. The fraction of sp³-hybridized carbons (Fsp3) is 0.250. The topological polar surface area (TPSA) is 99.2 Å². The van der Waals surface area contributed by atoms with E-state index in [2.05, 4.69) is 15.6 Å². The molecule has 1 amide bonds. The van der Waals surface area contributed by atoms with Gasteiger partial charge in [0.15, 0.2) is 0 Å². The minimum absolute atomic E-state index is 0.144. The molecule has 8 heteroatoms. The fourth-order valence-corrected chi connectivity index (χ4v) is 2.49. The first-order valence-corrected chi connectivity index (χ1v) is 7.33. The predicted octanol–water partition coefficient (Wildman–Crippen LogP) is 1.40. The van der Waals surface area contributed by atoms with Gasteiger partial charge in [-0.05, 0) is 31.0 Å². The third-order valence-corrected chi connectivity index (χ3v) is 3.77. The number of hydrogen-bond acceptors (Lipinski definition) is 6.